The Hall–Kier alpha value is -1.66. The number of hydrogen-bond acceptors (Lipinski definition) is 5. The molecule has 0 radical (unpaired) electrons. The Morgan fingerprint density at radius 1 is 1.56 bits per heavy atom. The zero-order valence-corrected chi connectivity index (χ0v) is 10.8. The van der Waals surface area contributed by atoms with Crippen molar-refractivity contribution in [2.45, 2.75) is 6.54 Å². The summed E-state index contributed by atoms with van der Waals surface area (Å²) < 4.78 is 4.86. The summed E-state index contributed by atoms with van der Waals surface area (Å²) in [7, 11) is 3.44. The van der Waals surface area contributed by atoms with E-state index in [0.29, 0.717) is 19.7 Å². The molecule has 6 heteroatoms. The van der Waals surface area contributed by atoms with Crippen molar-refractivity contribution >= 4 is 11.6 Å². The monoisotopic (exact) mass is 252 g/mol. The van der Waals surface area contributed by atoms with Crippen LogP contribution in [0.1, 0.15) is 5.69 Å². The molecule has 1 amide bonds. The van der Waals surface area contributed by atoms with Crippen LogP contribution in [0.5, 0.6) is 0 Å². The lowest BCUT2D eigenvalue weighted by atomic mass is 10.3. The predicted octanol–water partition coefficient (Wildman–Crippen LogP) is -0.261. The summed E-state index contributed by atoms with van der Waals surface area (Å²) in [5, 5.41) is 2.76. The van der Waals surface area contributed by atoms with Gasteiger partial charge in [0.25, 0.3) is 0 Å². The molecule has 0 aromatic carbocycles. The topological polar surface area (TPSA) is 80.5 Å². The minimum atomic E-state index is -0.0440. The summed E-state index contributed by atoms with van der Waals surface area (Å²) in [4.78, 5) is 17.6. The van der Waals surface area contributed by atoms with Gasteiger partial charge in [-0.25, -0.2) is 0 Å². The number of aromatic nitrogens is 1. The molecular weight excluding hydrogens is 232 g/mol. The molecule has 1 aromatic rings. The molecule has 0 aliphatic rings. The minimum absolute atomic E-state index is 0.0440. The number of hydrogen-bond donors (Lipinski definition) is 2. The van der Waals surface area contributed by atoms with Crippen molar-refractivity contribution in [3.8, 4) is 0 Å². The third-order valence-corrected chi connectivity index (χ3v) is 2.47. The molecule has 6 nitrogen and oxygen atoms in total. The van der Waals surface area contributed by atoms with Gasteiger partial charge in [-0.05, 0) is 12.1 Å². The molecule has 100 valence electrons. The number of anilines is 1. The van der Waals surface area contributed by atoms with Gasteiger partial charge >= 0.3 is 0 Å². The van der Waals surface area contributed by atoms with Crippen molar-refractivity contribution < 1.29 is 9.53 Å². The fourth-order valence-electron chi connectivity index (χ4n) is 1.42. The van der Waals surface area contributed by atoms with E-state index in [1.807, 2.05) is 24.1 Å². The number of nitrogens with zero attached hydrogens (tertiary/aromatic N) is 2. The first-order chi connectivity index (χ1) is 8.67. The molecule has 3 N–H and O–H groups in total. The number of likely N-dealkylation sites (N-methyl/N-ethyl adjacent to an activating group) is 1. The highest BCUT2D eigenvalue weighted by molar-refractivity contribution is 5.81. The smallest absolute Gasteiger partial charge is 0.239 e. The molecule has 1 rings (SSSR count). The number of carbonyl (C=O) groups is 1. The van der Waals surface area contributed by atoms with Crippen LogP contribution in [0.2, 0.25) is 0 Å². The normalized spacial score (nSPS) is 10.2. The van der Waals surface area contributed by atoms with Crippen molar-refractivity contribution in [3.05, 3.63) is 24.0 Å². The fraction of sp³-hybridized carbons (Fsp3) is 0.500. The van der Waals surface area contributed by atoms with E-state index in [9.17, 15) is 4.79 Å². The van der Waals surface area contributed by atoms with Crippen LogP contribution < -0.4 is 16.0 Å². The number of pyridine rings is 1. The van der Waals surface area contributed by atoms with Gasteiger partial charge in [-0.1, -0.05) is 0 Å². The average molecular weight is 252 g/mol. The molecular formula is C12H20N4O2. The minimum Gasteiger partial charge on any atom is -0.383 e. The molecule has 0 bridgehead atoms. The predicted molar refractivity (Wildman–Crippen MR) is 70.3 cm³/mol. The summed E-state index contributed by atoms with van der Waals surface area (Å²) in [5.74, 6) is -0.0440. The maximum atomic E-state index is 11.6. The lowest BCUT2D eigenvalue weighted by molar-refractivity contribution is -0.119. The highest BCUT2D eigenvalue weighted by Crippen LogP contribution is 2.10. The van der Waals surface area contributed by atoms with E-state index in [1.54, 1.807) is 13.3 Å². The Balaban J connectivity index is 2.43. The van der Waals surface area contributed by atoms with Gasteiger partial charge in [0.1, 0.15) is 0 Å². The second-order valence-electron chi connectivity index (χ2n) is 3.91. The maximum absolute atomic E-state index is 11.6. The van der Waals surface area contributed by atoms with E-state index in [-0.39, 0.29) is 12.5 Å². The molecule has 18 heavy (non-hydrogen) atoms. The number of ether oxygens (including phenoxy) is 1. The Morgan fingerprint density at radius 3 is 2.89 bits per heavy atom. The third kappa shape index (κ3) is 4.68. The SMILES string of the molecule is COCCNC(=O)CN(C)c1ccc(CN)nc1. The van der Waals surface area contributed by atoms with Crippen molar-refractivity contribution in [1.82, 2.24) is 10.3 Å². The second kappa shape index (κ2) is 7.62. The second-order valence-corrected chi connectivity index (χ2v) is 3.91. The van der Waals surface area contributed by atoms with Crippen molar-refractivity contribution in [3.63, 3.8) is 0 Å². The van der Waals surface area contributed by atoms with Crippen LogP contribution in [0, 0.1) is 0 Å². The van der Waals surface area contributed by atoms with E-state index in [4.69, 9.17) is 10.5 Å². The maximum Gasteiger partial charge on any atom is 0.239 e. The Morgan fingerprint density at radius 2 is 2.33 bits per heavy atom. The molecule has 0 unspecified atom stereocenters. The Labute approximate surface area is 107 Å². The summed E-state index contributed by atoms with van der Waals surface area (Å²) in [6, 6.07) is 3.76. The quantitative estimate of drug-likeness (QED) is 0.653. The number of rotatable bonds is 7. The molecule has 0 aliphatic carbocycles. The van der Waals surface area contributed by atoms with E-state index in [2.05, 4.69) is 10.3 Å². The molecule has 0 saturated carbocycles. The van der Waals surface area contributed by atoms with Gasteiger partial charge in [-0.3, -0.25) is 9.78 Å². The standard InChI is InChI=1S/C12H20N4O2/c1-16(9-12(17)14-5-6-18-2)11-4-3-10(7-13)15-8-11/h3-4,8H,5-7,9,13H2,1-2H3,(H,14,17). The van der Waals surface area contributed by atoms with Crippen LogP contribution >= 0.6 is 0 Å². The van der Waals surface area contributed by atoms with E-state index in [1.165, 1.54) is 0 Å². The van der Waals surface area contributed by atoms with Crippen LogP contribution in [-0.4, -0.2) is 44.7 Å². The first kappa shape index (κ1) is 14.4. The molecule has 0 fully saturated rings. The van der Waals surface area contributed by atoms with Gasteiger partial charge in [0.05, 0.1) is 30.7 Å². The number of nitrogens with one attached hydrogen (secondary N) is 1. The third-order valence-electron chi connectivity index (χ3n) is 2.47. The van der Waals surface area contributed by atoms with Crippen LogP contribution in [-0.2, 0) is 16.1 Å². The molecule has 0 atom stereocenters. The molecule has 1 aromatic heterocycles. The summed E-state index contributed by atoms with van der Waals surface area (Å²) in [5.41, 5.74) is 7.19. The largest absolute Gasteiger partial charge is 0.383 e. The highest BCUT2D eigenvalue weighted by atomic mass is 16.5. The number of methoxy groups -OCH3 is 1. The van der Waals surface area contributed by atoms with E-state index >= 15 is 0 Å². The first-order valence-corrected chi connectivity index (χ1v) is 5.79. The number of amides is 1. The van der Waals surface area contributed by atoms with Gasteiger partial charge in [-0.15, -0.1) is 0 Å². The average Bonchev–Trinajstić information content (AvgIpc) is 2.39. The lowest BCUT2D eigenvalue weighted by Gasteiger charge is -2.18. The Bertz CT molecular complexity index is 367. The Kier molecular flexibility index (Phi) is 6.10. The summed E-state index contributed by atoms with van der Waals surface area (Å²) in [6.45, 7) is 1.74. The van der Waals surface area contributed by atoms with Gasteiger partial charge in [0.15, 0.2) is 0 Å². The molecule has 0 aliphatic heterocycles. The summed E-state index contributed by atoms with van der Waals surface area (Å²) in [6.07, 6.45) is 1.71. The number of carbonyl (C=O) groups excluding carboxylic acids is 1. The van der Waals surface area contributed by atoms with Crippen molar-refractivity contribution in [1.29, 1.82) is 0 Å². The van der Waals surface area contributed by atoms with Crippen LogP contribution in [0.15, 0.2) is 18.3 Å². The molecule has 1 heterocycles. The van der Waals surface area contributed by atoms with Crippen LogP contribution in [0.4, 0.5) is 5.69 Å². The van der Waals surface area contributed by atoms with Crippen molar-refractivity contribution in [2.24, 2.45) is 5.73 Å². The van der Waals surface area contributed by atoms with E-state index < -0.39 is 0 Å². The fourth-order valence-corrected chi connectivity index (χ4v) is 1.42. The highest BCUT2D eigenvalue weighted by Gasteiger charge is 2.07. The zero-order chi connectivity index (χ0) is 13.4. The van der Waals surface area contributed by atoms with Gasteiger partial charge in [0.2, 0.25) is 5.91 Å². The summed E-state index contributed by atoms with van der Waals surface area (Å²) >= 11 is 0. The van der Waals surface area contributed by atoms with Crippen LogP contribution in [0.25, 0.3) is 0 Å². The van der Waals surface area contributed by atoms with Gasteiger partial charge in [0, 0.05) is 27.2 Å². The zero-order valence-electron chi connectivity index (χ0n) is 10.8. The van der Waals surface area contributed by atoms with Crippen molar-refractivity contribution in [2.75, 3.05) is 38.8 Å². The van der Waals surface area contributed by atoms with Gasteiger partial charge < -0.3 is 20.7 Å². The van der Waals surface area contributed by atoms with Crippen LogP contribution in [0.3, 0.4) is 0 Å². The lowest BCUT2D eigenvalue weighted by Crippen LogP contribution is -2.36. The molecule has 0 spiro atoms. The van der Waals surface area contributed by atoms with Gasteiger partial charge in [-0.2, -0.15) is 0 Å². The first-order valence-electron chi connectivity index (χ1n) is 5.79. The van der Waals surface area contributed by atoms with E-state index in [0.717, 1.165) is 11.4 Å². The molecule has 0 saturated heterocycles. The number of nitrogens with two attached hydrogens (primary N) is 1.